The van der Waals surface area contributed by atoms with Gasteiger partial charge in [0.2, 0.25) is 0 Å². The van der Waals surface area contributed by atoms with Gasteiger partial charge in [-0.15, -0.1) is 0 Å². The molecule has 0 bridgehead atoms. The molecule has 0 saturated heterocycles. The topological polar surface area (TPSA) is 83.9 Å². The lowest BCUT2D eigenvalue weighted by atomic mass is 10.3. The van der Waals surface area contributed by atoms with Gasteiger partial charge in [0, 0.05) is 5.75 Å². The quantitative estimate of drug-likeness (QED) is 0.606. The molecule has 11 heavy (non-hydrogen) atoms. The van der Waals surface area contributed by atoms with E-state index in [1.807, 2.05) is 0 Å². The zero-order chi connectivity index (χ0) is 8.70. The number of nitrogens with two attached hydrogens (primary N) is 1. The van der Waals surface area contributed by atoms with Gasteiger partial charge in [-0.25, -0.2) is 8.42 Å². The summed E-state index contributed by atoms with van der Waals surface area (Å²) in [6, 6.07) is 1.80. The fourth-order valence-electron chi connectivity index (χ4n) is 1.01. The van der Waals surface area contributed by atoms with Crippen LogP contribution in [-0.2, 0) is 9.84 Å². The largest absolute Gasteiger partial charge is 0.312 e. The van der Waals surface area contributed by atoms with E-state index in [2.05, 4.69) is 0 Å². The molecule has 0 aromatic carbocycles. The Morgan fingerprint density at radius 1 is 1.82 bits per heavy atom. The molecule has 1 fully saturated rings. The summed E-state index contributed by atoms with van der Waals surface area (Å²) in [4.78, 5) is 0. The first kappa shape index (κ1) is 8.50. The molecule has 2 atom stereocenters. The van der Waals surface area contributed by atoms with Crippen molar-refractivity contribution in [1.29, 1.82) is 5.26 Å². The van der Waals surface area contributed by atoms with E-state index in [0.717, 1.165) is 0 Å². The first-order chi connectivity index (χ1) is 4.96. The Labute approximate surface area is 65.9 Å². The van der Waals surface area contributed by atoms with E-state index in [4.69, 9.17) is 11.0 Å². The summed E-state index contributed by atoms with van der Waals surface area (Å²) in [6.45, 7) is 1.56. The van der Waals surface area contributed by atoms with Crippen molar-refractivity contribution < 1.29 is 8.42 Å². The molecule has 0 spiro atoms. The molecule has 5 heteroatoms. The number of hydrogen-bond donors (Lipinski definition) is 1. The maximum absolute atomic E-state index is 11.1. The molecule has 4 nitrogen and oxygen atoms in total. The Kier molecular flexibility index (Phi) is 1.69. The SMILES string of the molecule is CCS(=O)(=O)[C@H]1C[C@@]1(N)C#N. The van der Waals surface area contributed by atoms with Crippen molar-refractivity contribution in [3.63, 3.8) is 0 Å². The number of hydrogen-bond acceptors (Lipinski definition) is 4. The monoisotopic (exact) mass is 174 g/mol. The van der Waals surface area contributed by atoms with Crippen LogP contribution in [0.4, 0.5) is 0 Å². The average molecular weight is 174 g/mol. The van der Waals surface area contributed by atoms with E-state index < -0.39 is 20.6 Å². The molecule has 0 amide bonds. The Bertz CT molecular complexity index is 303. The number of sulfone groups is 1. The van der Waals surface area contributed by atoms with Gasteiger partial charge in [-0.1, -0.05) is 6.92 Å². The second-order valence-corrected chi connectivity index (χ2v) is 5.27. The van der Waals surface area contributed by atoms with Crippen LogP contribution in [-0.4, -0.2) is 25.0 Å². The van der Waals surface area contributed by atoms with Gasteiger partial charge >= 0.3 is 0 Å². The fourth-order valence-corrected chi connectivity index (χ4v) is 2.64. The Balaban J connectivity index is 2.81. The standard InChI is InChI=1S/C6H10N2O2S/c1-2-11(9,10)5-3-6(5,8)4-7/h5H,2-3,8H2,1H3/t5-,6+/m0/s1. The molecule has 0 heterocycles. The zero-order valence-corrected chi connectivity index (χ0v) is 7.06. The predicted octanol–water partition coefficient (Wildman–Crippen LogP) is -0.586. The predicted molar refractivity (Wildman–Crippen MR) is 40.4 cm³/mol. The molecule has 2 N–H and O–H groups in total. The lowest BCUT2D eigenvalue weighted by Gasteiger charge is -1.99. The number of nitriles is 1. The average Bonchev–Trinajstić information content (AvgIpc) is 2.65. The van der Waals surface area contributed by atoms with Crippen LogP contribution < -0.4 is 5.73 Å². The third kappa shape index (κ3) is 1.24. The van der Waals surface area contributed by atoms with E-state index in [-0.39, 0.29) is 5.75 Å². The summed E-state index contributed by atoms with van der Waals surface area (Å²) in [5, 5.41) is 7.83. The lowest BCUT2D eigenvalue weighted by Crippen LogP contribution is -2.29. The van der Waals surface area contributed by atoms with Crippen LogP contribution in [0.15, 0.2) is 0 Å². The van der Waals surface area contributed by atoms with Crippen molar-refractivity contribution in [2.45, 2.75) is 24.1 Å². The van der Waals surface area contributed by atoms with Crippen molar-refractivity contribution in [2.24, 2.45) is 5.73 Å². The molecule has 0 aromatic heterocycles. The molecule has 62 valence electrons. The normalized spacial score (nSPS) is 36.3. The summed E-state index contributed by atoms with van der Waals surface area (Å²) in [5.74, 6) is 0.0678. The van der Waals surface area contributed by atoms with Gasteiger partial charge in [0.15, 0.2) is 9.84 Å². The van der Waals surface area contributed by atoms with Gasteiger partial charge in [0.1, 0.15) is 5.54 Å². The second kappa shape index (κ2) is 2.19. The van der Waals surface area contributed by atoms with Crippen molar-refractivity contribution >= 4 is 9.84 Å². The van der Waals surface area contributed by atoms with E-state index in [0.29, 0.717) is 6.42 Å². The first-order valence-corrected chi connectivity index (χ1v) is 5.09. The van der Waals surface area contributed by atoms with Crippen molar-refractivity contribution in [3.05, 3.63) is 0 Å². The minimum atomic E-state index is -3.09. The van der Waals surface area contributed by atoms with Gasteiger partial charge in [0.05, 0.1) is 11.3 Å². The van der Waals surface area contributed by atoms with Crippen LogP contribution in [0.25, 0.3) is 0 Å². The van der Waals surface area contributed by atoms with Crippen molar-refractivity contribution in [3.8, 4) is 6.07 Å². The van der Waals surface area contributed by atoms with Crippen LogP contribution in [0.5, 0.6) is 0 Å². The van der Waals surface area contributed by atoms with Gasteiger partial charge in [0.25, 0.3) is 0 Å². The van der Waals surface area contributed by atoms with Crippen LogP contribution in [0.1, 0.15) is 13.3 Å². The van der Waals surface area contributed by atoms with E-state index in [9.17, 15) is 8.42 Å². The molecule has 1 saturated carbocycles. The zero-order valence-electron chi connectivity index (χ0n) is 6.24. The summed E-state index contributed by atoms with van der Waals surface area (Å²) >= 11 is 0. The highest BCUT2D eigenvalue weighted by Crippen LogP contribution is 2.39. The Morgan fingerprint density at radius 2 is 2.36 bits per heavy atom. The van der Waals surface area contributed by atoms with Crippen LogP contribution >= 0.6 is 0 Å². The molecule has 0 radical (unpaired) electrons. The lowest BCUT2D eigenvalue weighted by molar-refractivity contribution is 0.593. The maximum atomic E-state index is 11.1. The third-order valence-electron chi connectivity index (χ3n) is 1.98. The number of nitrogens with zero attached hydrogens (tertiary/aromatic N) is 1. The summed E-state index contributed by atoms with van der Waals surface area (Å²) < 4.78 is 22.2. The van der Waals surface area contributed by atoms with Crippen LogP contribution in [0, 0.1) is 11.3 Å². The second-order valence-electron chi connectivity index (χ2n) is 2.80. The molecular formula is C6H10N2O2S. The highest BCUT2D eigenvalue weighted by molar-refractivity contribution is 7.92. The van der Waals surface area contributed by atoms with E-state index in [1.165, 1.54) is 0 Å². The summed E-state index contributed by atoms with van der Waals surface area (Å²) in [7, 11) is -3.09. The summed E-state index contributed by atoms with van der Waals surface area (Å²) in [5.41, 5.74) is 4.32. The highest BCUT2D eigenvalue weighted by atomic mass is 32.2. The first-order valence-electron chi connectivity index (χ1n) is 3.38. The number of rotatable bonds is 2. The van der Waals surface area contributed by atoms with Crippen LogP contribution in [0.3, 0.4) is 0 Å². The van der Waals surface area contributed by atoms with Gasteiger partial charge in [-0.3, -0.25) is 0 Å². The molecule has 0 aliphatic heterocycles. The molecule has 0 aromatic rings. The van der Waals surface area contributed by atoms with Crippen molar-refractivity contribution in [2.75, 3.05) is 5.75 Å². The summed E-state index contributed by atoms with van der Waals surface area (Å²) in [6.07, 6.45) is 0.291. The van der Waals surface area contributed by atoms with Crippen molar-refractivity contribution in [1.82, 2.24) is 0 Å². The van der Waals surface area contributed by atoms with E-state index in [1.54, 1.807) is 13.0 Å². The molecular weight excluding hydrogens is 164 g/mol. The molecule has 0 unspecified atom stereocenters. The molecule has 1 rings (SSSR count). The molecule has 1 aliphatic rings. The fraction of sp³-hybridized carbons (Fsp3) is 0.833. The third-order valence-corrected chi connectivity index (χ3v) is 4.24. The van der Waals surface area contributed by atoms with Gasteiger partial charge in [-0.2, -0.15) is 5.26 Å². The smallest absolute Gasteiger partial charge is 0.155 e. The van der Waals surface area contributed by atoms with E-state index >= 15 is 0 Å². The van der Waals surface area contributed by atoms with Gasteiger partial charge in [-0.05, 0) is 6.42 Å². The Hall–Kier alpha value is -0.600. The van der Waals surface area contributed by atoms with Crippen LogP contribution in [0.2, 0.25) is 0 Å². The van der Waals surface area contributed by atoms with Gasteiger partial charge < -0.3 is 5.73 Å². The Morgan fingerprint density at radius 3 is 2.64 bits per heavy atom. The molecule has 1 aliphatic carbocycles. The minimum absolute atomic E-state index is 0.0678. The highest BCUT2D eigenvalue weighted by Gasteiger charge is 2.58. The maximum Gasteiger partial charge on any atom is 0.155 e. The minimum Gasteiger partial charge on any atom is -0.312 e.